The molecule has 0 radical (unpaired) electrons. The van der Waals surface area contributed by atoms with E-state index in [0.717, 1.165) is 18.4 Å². The lowest BCUT2D eigenvalue weighted by molar-refractivity contribution is -0.384. The molecule has 2 N–H and O–H groups in total. The molecule has 7 nitrogen and oxygen atoms in total. The van der Waals surface area contributed by atoms with E-state index in [1.165, 1.54) is 0 Å². The Morgan fingerprint density at radius 2 is 2.27 bits per heavy atom. The van der Waals surface area contributed by atoms with Gasteiger partial charge in [-0.25, -0.2) is 0 Å². The molecule has 7 heteroatoms. The van der Waals surface area contributed by atoms with E-state index in [-0.39, 0.29) is 17.7 Å². The second kappa shape index (κ2) is 7.74. The zero-order valence-corrected chi connectivity index (χ0v) is 12.6. The lowest BCUT2D eigenvalue weighted by Crippen LogP contribution is -2.35. The van der Waals surface area contributed by atoms with Crippen LogP contribution in [0.1, 0.15) is 24.8 Å². The first-order chi connectivity index (χ1) is 10.6. The van der Waals surface area contributed by atoms with Gasteiger partial charge in [-0.05, 0) is 37.8 Å². The van der Waals surface area contributed by atoms with Gasteiger partial charge < -0.3 is 15.4 Å². The minimum absolute atomic E-state index is 0.0705. The zero-order chi connectivity index (χ0) is 15.9. The summed E-state index contributed by atoms with van der Waals surface area (Å²) < 4.78 is 5.29. The molecule has 2 rings (SSSR count). The van der Waals surface area contributed by atoms with Crippen LogP contribution in [0.5, 0.6) is 0 Å². The molecule has 1 saturated heterocycles. The molecule has 0 unspecified atom stereocenters. The van der Waals surface area contributed by atoms with E-state index in [0.29, 0.717) is 31.8 Å². The van der Waals surface area contributed by atoms with Crippen molar-refractivity contribution in [2.45, 2.75) is 32.3 Å². The van der Waals surface area contributed by atoms with Crippen molar-refractivity contribution in [2.24, 2.45) is 0 Å². The molecular weight excluding hydrogens is 286 g/mol. The molecule has 1 atom stereocenters. The highest BCUT2D eigenvalue weighted by atomic mass is 16.6. The average molecular weight is 307 g/mol. The van der Waals surface area contributed by atoms with E-state index in [1.807, 2.05) is 13.0 Å². The highest BCUT2D eigenvalue weighted by Gasteiger charge is 2.22. The fourth-order valence-electron chi connectivity index (χ4n) is 2.36. The Balaban J connectivity index is 1.72. The van der Waals surface area contributed by atoms with Gasteiger partial charge in [0, 0.05) is 25.8 Å². The van der Waals surface area contributed by atoms with E-state index in [9.17, 15) is 14.9 Å². The first kappa shape index (κ1) is 16.2. The smallest absolute Gasteiger partial charge is 0.292 e. The van der Waals surface area contributed by atoms with Gasteiger partial charge in [-0.1, -0.05) is 6.07 Å². The molecule has 0 bridgehead atoms. The Morgan fingerprint density at radius 3 is 2.95 bits per heavy atom. The number of nitro groups is 1. The van der Waals surface area contributed by atoms with Gasteiger partial charge in [0.2, 0.25) is 5.91 Å². The first-order valence-electron chi connectivity index (χ1n) is 7.46. The van der Waals surface area contributed by atoms with Crippen LogP contribution in [0.2, 0.25) is 0 Å². The summed E-state index contributed by atoms with van der Waals surface area (Å²) in [4.78, 5) is 22.3. The van der Waals surface area contributed by atoms with Crippen LogP contribution in [-0.4, -0.2) is 36.6 Å². The summed E-state index contributed by atoms with van der Waals surface area (Å²) in [6, 6.07) is 5.08. The fraction of sp³-hybridized carbons (Fsp3) is 0.533. The highest BCUT2D eigenvalue weighted by Crippen LogP contribution is 2.25. The number of hydrogen-bond donors (Lipinski definition) is 2. The molecule has 0 aliphatic carbocycles. The molecule has 0 saturated carbocycles. The number of amides is 1. The summed E-state index contributed by atoms with van der Waals surface area (Å²) in [5.41, 5.74) is 1.42. The van der Waals surface area contributed by atoms with Crippen molar-refractivity contribution >= 4 is 17.3 Å². The van der Waals surface area contributed by atoms with Gasteiger partial charge >= 0.3 is 0 Å². The SMILES string of the molecule is Cc1ccc(NCCCNC(=O)[C@@H]2CCCO2)c([N+](=O)[O-])c1. The predicted molar refractivity (Wildman–Crippen MR) is 82.9 cm³/mol. The molecular formula is C15H21N3O4. The van der Waals surface area contributed by atoms with E-state index in [1.54, 1.807) is 12.1 Å². The van der Waals surface area contributed by atoms with Crippen molar-refractivity contribution < 1.29 is 14.5 Å². The van der Waals surface area contributed by atoms with Crippen molar-refractivity contribution in [1.82, 2.24) is 5.32 Å². The van der Waals surface area contributed by atoms with Crippen LogP contribution in [0.3, 0.4) is 0 Å². The number of aryl methyl sites for hydroxylation is 1. The third-order valence-corrected chi connectivity index (χ3v) is 3.54. The number of benzene rings is 1. The molecule has 1 aliphatic heterocycles. The van der Waals surface area contributed by atoms with E-state index in [2.05, 4.69) is 10.6 Å². The number of hydrogen-bond acceptors (Lipinski definition) is 5. The number of carbonyl (C=O) groups excluding carboxylic acids is 1. The average Bonchev–Trinajstić information content (AvgIpc) is 3.02. The molecule has 1 fully saturated rings. The normalized spacial score (nSPS) is 17.2. The monoisotopic (exact) mass is 307 g/mol. The first-order valence-corrected chi connectivity index (χ1v) is 7.46. The maximum atomic E-state index is 11.7. The van der Waals surface area contributed by atoms with Crippen molar-refractivity contribution in [3.05, 3.63) is 33.9 Å². The van der Waals surface area contributed by atoms with Gasteiger partial charge in [0.05, 0.1) is 4.92 Å². The standard InChI is InChI=1S/C15H21N3O4/c1-11-5-6-12(13(10-11)18(20)21)16-7-3-8-17-15(19)14-4-2-9-22-14/h5-6,10,14,16H,2-4,7-9H2,1H3,(H,17,19)/t14-/m0/s1. The third-order valence-electron chi connectivity index (χ3n) is 3.54. The maximum Gasteiger partial charge on any atom is 0.292 e. The lowest BCUT2D eigenvalue weighted by atomic mass is 10.2. The quantitative estimate of drug-likeness (QED) is 0.456. The Hall–Kier alpha value is -2.15. The van der Waals surface area contributed by atoms with Crippen LogP contribution in [0, 0.1) is 17.0 Å². The summed E-state index contributed by atoms with van der Waals surface area (Å²) in [6.45, 7) is 3.54. The van der Waals surface area contributed by atoms with Gasteiger partial charge in [-0.3, -0.25) is 14.9 Å². The predicted octanol–water partition coefficient (Wildman–Crippen LogP) is 2.00. The third kappa shape index (κ3) is 4.42. The lowest BCUT2D eigenvalue weighted by Gasteiger charge is -2.11. The summed E-state index contributed by atoms with van der Waals surface area (Å²) in [6.07, 6.45) is 2.08. The maximum absolute atomic E-state index is 11.7. The second-order valence-electron chi connectivity index (χ2n) is 5.35. The Labute approximate surface area is 129 Å². The molecule has 22 heavy (non-hydrogen) atoms. The van der Waals surface area contributed by atoms with Crippen LogP contribution in [0.25, 0.3) is 0 Å². The van der Waals surface area contributed by atoms with Crippen LogP contribution in [-0.2, 0) is 9.53 Å². The van der Waals surface area contributed by atoms with Crippen LogP contribution < -0.4 is 10.6 Å². The summed E-state index contributed by atoms with van der Waals surface area (Å²) in [7, 11) is 0. The molecule has 1 heterocycles. The number of ether oxygens (including phenoxy) is 1. The van der Waals surface area contributed by atoms with Crippen molar-refractivity contribution in [3.63, 3.8) is 0 Å². The number of carbonyl (C=O) groups is 1. The van der Waals surface area contributed by atoms with E-state index in [4.69, 9.17) is 4.74 Å². The van der Waals surface area contributed by atoms with Crippen LogP contribution in [0.4, 0.5) is 11.4 Å². The summed E-state index contributed by atoms with van der Waals surface area (Å²) >= 11 is 0. The molecule has 1 aromatic carbocycles. The summed E-state index contributed by atoms with van der Waals surface area (Å²) in [5, 5.41) is 16.9. The molecule has 1 amide bonds. The largest absolute Gasteiger partial charge is 0.379 e. The fourth-order valence-corrected chi connectivity index (χ4v) is 2.36. The molecule has 0 aromatic heterocycles. The van der Waals surface area contributed by atoms with Crippen LogP contribution in [0.15, 0.2) is 18.2 Å². The van der Waals surface area contributed by atoms with E-state index < -0.39 is 4.92 Å². The number of nitrogens with zero attached hydrogens (tertiary/aromatic N) is 1. The van der Waals surface area contributed by atoms with Crippen LogP contribution >= 0.6 is 0 Å². The Morgan fingerprint density at radius 1 is 1.45 bits per heavy atom. The highest BCUT2D eigenvalue weighted by molar-refractivity contribution is 5.80. The Kier molecular flexibility index (Phi) is 5.71. The second-order valence-corrected chi connectivity index (χ2v) is 5.35. The van der Waals surface area contributed by atoms with Crippen molar-refractivity contribution in [2.75, 3.05) is 25.0 Å². The number of rotatable bonds is 7. The molecule has 0 spiro atoms. The van der Waals surface area contributed by atoms with Gasteiger partial charge in [0.15, 0.2) is 0 Å². The van der Waals surface area contributed by atoms with Gasteiger partial charge in [-0.15, -0.1) is 0 Å². The molecule has 1 aromatic rings. The van der Waals surface area contributed by atoms with Crippen molar-refractivity contribution in [3.8, 4) is 0 Å². The number of nitro benzene ring substituents is 1. The van der Waals surface area contributed by atoms with E-state index >= 15 is 0 Å². The number of nitrogens with one attached hydrogen (secondary N) is 2. The van der Waals surface area contributed by atoms with Crippen molar-refractivity contribution in [1.29, 1.82) is 0 Å². The minimum atomic E-state index is -0.394. The Bertz CT molecular complexity index is 542. The molecule has 1 aliphatic rings. The minimum Gasteiger partial charge on any atom is -0.379 e. The molecule has 120 valence electrons. The van der Waals surface area contributed by atoms with Gasteiger partial charge in [0.25, 0.3) is 5.69 Å². The van der Waals surface area contributed by atoms with Gasteiger partial charge in [0.1, 0.15) is 11.8 Å². The number of anilines is 1. The summed E-state index contributed by atoms with van der Waals surface area (Å²) in [5.74, 6) is -0.0705. The topological polar surface area (TPSA) is 93.5 Å². The van der Waals surface area contributed by atoms with Gasteiger partial charge in [-0.2, -0.15) is 0 Å². The zero-order valence-electron chi connectivity index (χ0n) is 12.6.